The lowest BCUT2D eigenvalue weighted by molar-refractivity contribution is 0.0710. The second-order valence-corrected chi connectivity index (χ2v) is 7.29. The maximum atomic E-state index is 13.3. The number of nitrogens with one attached hydrogen (secondary N) is 1. The highest BCUT2D eigenvalue weighted by molar-refractivity contribution is 5.96. The molecule has 3 rings (SSSR count). The standard InChI is InChI=1S/C19H29N5O2/c1-14-17(15(2)22(3)21-14)18(25)24(13-16-7-5-4-6-8-16)12-11-23-10-9-20-19(23)26/h4-5,16H,6-13H2,1-3H3,(H,20,26)/t16-/m0/s1. The van der Waals surface area contributed by atoms with Crippen LogP contribution in [0.4, 0.5) is 4.79 Å². The zero-order valence-corrected chi connectivity index (χ0v) is 16.0. The van der Waals surface area contributed by atoms with Crippen LogP contribution >= 0.6 is 0 Å². The molecule has 7 heteroatoms. The summed E-state index contributed by atoms with van der Waals surface area (Å²) >= 11 is 0. The van der Waals surface area contributed by atoms with Gasteiger partial charge in [0.05, 0.1) is 11.3 Å². The fraction of sp³-hybridized carbons (Fsp3) is 0.632. The van der Waals surface area contributed by atoms with Crippen molar-refractivity contribution in [2.45, 2.75) is 33.1 Å². The summed E-state index contributed by atoms with van der Waals surface area (Å²) < 4.78 is 1.76. The van der Waals surface area contributed by atoms with Gasteiger partial charge in [0, 0.05) is 45.5 Å². The molecular formula is C19H29N5O2. The number of aromatic nitrogens is 2. The number of rotatable bonds is 6. The van der Waals surface area contributed by atoms with Gasteiger partial charge in [-0.1, -0.05) is 12.2 Å². The molecule has 0 radical (unpaired) electrons. The highest BCUT2D eigenvalue weighted by atomic mass is 16.2. The highest BCUT2D eigenvalue weighted by Gasteiger charge is 2.27. The molecule has 142 valence electrons. The molecule has 1 saturated heterocycles. The lowest BCUT2D eigenvalue weighted by Crippen LogP contribution is -2.42. The largest absolute Gasteiger partial charge is 0.336 e. The molecule has 1 aromatic heterocycles. The van der Waals surface area contributed by atoms with E-state index in [0.717, 1.165) is 37.2 Å². The summed E-state index contributed by atoms with van der Waals surface area (Å²) in [5.74, 6) is 0.510. The van der Waals surface area contributed by atoms with Gasteiger partial charge in [-0.15, -0.1) is 0 Å². The van der Waals surface area contributed by atoms with Crippen LogP contribution < -0.4 is 5.32 Å². The summed E-state index contributed by atoms with van der Waals surface area (Å²) in [6, 6.07) is -0.0354. The summed E-state index contributed by atoms with van der Waals surface area (Å²) in [4.78, 5) is 28.8. The van der Waals surface area contributed by atoms with E-state index in [1.54, 1.807) is 9.58 Å². The van der Waals surface area contributed by atoms with Crippen LogP contribution in [0.25, 0.3) is 0 Å². The summed E-state index contributed by atoms with van der Waals surface area (Å²) in [7, 11) is 1.87. The van der Waals surface area contributed by atoms with Gasteiger partial charge in [-0.3, -0.25) is 9.48 Å². The van der Waals surface area contributed by atoms with Gasteiger partial charge in [0.1, 0.15) is 0 Å². The molecule has 1 aliphatic heterocycles. The van der Waals surface area contributed by atoms with Crippen molar-refractivity contribution in [3.8, 4) is 0 Å². The molecule has 1 atom stereocenters. The maximum Gasteiger partial charge on any atom is 0.317 e. The van der Waals surface area contributed by atoms with Crippen molar-refractivity contribution in [2.24, 2.45) is 13.0 Å². The Morgan fingerprint density at radius 1 is 1.38 bits per heavy atom. The molecule has 1 fully saturated rings. The third-order valence-corrected chi connectivity index (χ3v) is 5.45. The minimum absolute atomic E-state index is 0.0299. The molecule has 0 spiro atoms. The van der Waals surface area contributed by atoms with Crippen molar-refractivity contribution < 1.29 is 9.59 Å². The highest BCUT2D eigenvalue weighted by Crippen LogP contribution is 2.22. The molecule has 26 heavy (non-hydrogen) atoms. The van der Waals surface area contributed by atoms with Crippen LogP contribution in [0.3, 0.4) is 0 Å². The number of urea groups is 1. The van der Waals surface area contributed by atoms with Gasteiger partial charge in [0.25, 0.3) is 5.91 Å². The lowest BCUT2D eigenvalue weighted by atomic mass is 9.93. The molecule has 0 saturated carbocycles. The van der Waals surface area contributed by atoms with E-state index in [2.05, 4.69) is 22.6 Å². The Hall–Kier alpha value is -2.31. The Kier molecular flexibility index (Phi) is 5.64. The van der Waals surface area contributed by atoms with E-state index < -0.39 is 0 Å². The Morgan fingerprint density at radius 2 is 2.19 bits per heavy atom. The van der Waals surface area contributed by atoms with Gasteiger partial charge < -0.3 is 15.1 Å². The summed E-state index contributed by atoms with van der Waals surface area (Å²) in [5, 5.41) is 7.21. The van der Waals surface area contributed by atoms with Gasteiger partial charge >= 0.3 is 6.03 Å². The van der Waals surface area contributed by atoms with Crippen LogP contribution in [0, 0.1) is 19.8 Å². The number of carbonyl (C=O) groups is 2. The van der Waals surface area contributed by atoms with Crippen molar-refractivity contribution >= 4 is 11.9 Å². The Bertz CT molecular complexity index is 709. The topological polar surface area (TPSA) is 70.5 Å². The number of hydrogen-bond acceptors (Lipinski definition) is 3. The average Bonchev–Trinajstić information content (AvgIpc) is 3.14. The fourth-order valence-corrected chi connectivity index (χ4v) is 3.82. The normalized spacial score (nSPS) is 19.7. The van der Waals surface area contributed by atoms with Gasteiger partial charge in [0.15, 0.2) is 0 Å². The first-order chi connectivity index (χ1) is 12.5. The van der Waals surface area contributed by atoms with E-state index >= 15 is 0 Å². The van der Waals surface area contributed by atoms with Crippen molar-refractivity contribution in [1.82, 2.24) is 24.9 Å². The number of amides is 3. The van der Waals surface area contributed by atoms with Crippen LogP contribution in [0.15, 0.2) is 12.2 Å². The lowest BCUT2D eigenvalue weighted by Gasteiger charge is -2.30. The molecule has 7 nitrogen and oxygen atoms in total. The van der Waals surface area contributed by atoms with E-state index in [-0.39, 0.29) is 11.9 Å². The number of hydrogen-bond donors (Lipinski definition) is 1. The van der Waals surface area contributed by atoms with Crippen molar-refractivity contribution in [1.29, 1.82) is 0 Å². The smallest absolute Gasteiger partial charge is 0.317 e. The molecular weight excluding hydrogens is 330 g/mol. The van der Waals surface area contributed by atoms with Crippen LogP contribution in [0.2, 0.25) is 0 Å². The summed E-state index contributed by atoms with van der Waals surface area (Å²) in [6.07, 6.45) is 7.62. The molecule has 2 aliphatic rings. The summed E-state index contributed by atoms with van der Waals surface area (Å²) in [5.41, 5.74) is 2.35. The van der Waals surface area contributed by atoms with Crippen LogP contribution in [0.5, 0.6) is 0 Å². The molecule has 1 aliphatic carbocycles. The first-order valence-electron chi connectivity index (χ1n) is 9.44. The zero-order valence-electron chi connectivity index (χ0n) is 16.0. The van der Waals surface area contributed by atoms with Crippen LogP contribution in [-0.2, 0) is 7.05 Å². The number of aryl methyl sites for hydroxylation is 2. The maximum absolute atomic E-state index is 13.3. The number of allylic oxidation sites excluding steroid dienone is 2. The van der Waals surface area contributed by atoms with Crippen molar-refractivity contribution in [3.05, 3.63) is 29.1 Å². The minimum Gasteiger partial charge on any atom is -0.336 e. The van der Waals surface area contributed by atoms with E-state index in [1.807, 2.05) is 25.8 Å². The third-order valence-electron chi connectivity index (χ3n) is 5.45. The van der Waals surface area contributed by atoms with E-state index in [4.69, 9.17) is 0 Å². The predicted octanol–water partition coefficient (Wildman–Crippen LogP) is 1.86. The van der Waals surface area contributed by atoms with E-state index in [1.165, 1.54) is 0 Å². The molecule has 3 amide bonds. The Balaban J connectivity index is 1.75. The molecule has 2 heterocycles. The molecule has 1 aromatic rings. The fourth-order valence-electron chi connectivity index (χ4n) is 3.82. The Morgan fingerprint density at radius 3 is 2.77 bits per heavy atom. The molecule has 0 unspecified atom stereocenters. The van der Waals surface area contributed by atoms with Gasteiger partial charge in [0.2, 0.25) is 0 Å². The Labute approximate surface area is 155 Å². The second kappa shape index (κ2) is 7.93. The molecule has 0 aromatic carbocycles. The van der Waals surface area contributed by atoms with Crippen molar-refractivity contribution in [2.75, 3.05) is 32.7 Å². The van der Waals surface area contributed by atoms with Crippen LogP contribution in [0.1, 0.15) is 41.0 Å². The molecule has 0 bridgehead atoms. The quantitative estimate of drug-likeness (QED) is 0.788. The monoisotopic (exact) mass is 359 g/mol. The third kappa shape index (κ3) is 3.92. The second-order valence-electron chi connectivity index (χ2n) is 7.29. The zero-order chi connectivity index (χ0) is 18.7. The number of nitrogens with zero attached hydrogens (tertiary/aromatic N) is 4. The van der Waals surface area contributed by atoms with Gasteiger partial charge in [-0.05, 0) is 39.0 Å². The minimum atomic E-state index is -0.0354. The predicted molar refractivity (Wildman–Crippen MR) is 100 cm³/mol. The molecule has 1 N–H and O–H groups in total. The van der Waals surface area contributed by atoms with Crippen LogP contribution in [-0.4, -0.2) is 64.2 Å². The summed E-state index contributed by atoms with van der Waals surface area (Å²) in [6.45, 7) is 7.06. The van der Waals surface area contributed by atoms with E-state index in [9.17, 15) is 9.59 Å². The van der Waals surface area contributed by atoms with Gasteiger partial charge in [-0.2, -0.15) is 5.10 Å². The SMILES string of the molecule is Cc1nn(C)c(C)c1C(=O)N(CCN1CCNC1=O)C[C@H]1CC=CCC1. The van der Waals surface area contributed by atoms with Crippen molar-refractivity contribution in [3.63, 3.8) is 0 Å². The van der Waals surface area contributed by atoms with Gasteiger partial charge in [-0.25, -0.2) is 4.79 Å². The number of carbonyl (C=O) groups excluding carboxylic acids is 2. The first kappa shape index (κ1) is 18.5. The first-order valence-corrected chi connectivity index (χ1v) is 9.44. The average molecular weight is 359 g/mol. The van der Waals surface area contributed by atoms with E-state index in [0.29, 0.717) is 37.7 Å².